The number of amides is 1. The van der Waals surface area contributed by atoms with Gasteiger partial charge in [0.25, 0.3) is 5.91 Å². The Balaban J connectivity index is 2.20. The summed E-state index contributed by atoms with van der Waals surface area (Å²) >= 11 is 0. The maximum atomic E-state index is 12.9. The minimum absolute atomic E-state index is 0.129. The maximum absolute atomic E-state index is 12.9. The van der Waals surface area contributed by atoms with Crippen LogP contribution in [-0.4, -0.2) is 19.1 Å². The van der Waals surface area contributed by atoms with Crippen molar-refractivity contribution < 1.29 is 27.1 Å². The average Bonchev–Trinajstić information content (AvgIpc) is 2.48. The third-order valence-corrected chi connectivity index (χ3v) is 3.10. The SMILES string of the molecule is CC(C)CNC(=O)COc1ccc2c(C(F)(F)F)cc(=O)oc2c1. The molecule has 0 aliphatic rings. The third-order valence-electron chi connectivity index (χ3n) is 3.10. The molecule has 1 aromatic heterocycles. The predicted molar refractivity (Wildman–Crippen MR) is 80.8 cm³/mol. The zero-order chi connectivity index (χ0) is 17.9. The molecule has 130 valence electrons. The second kappa shape index (κ2) is 6.94. The van der Waals surface area contributed by atoms with Crippen LogP contribution in [0.1, 0.15) is 19.4 Å². The van der Waals surface area contributed by atoms with Crippen LogP contribution in [-0.2, 0) is 11.0 Å². The number of halogens is 3. The van der Waals surface area contributed by atoms with Gasteiger partial charge < -0.3 is 14.5 Å². The number of hydrogen-bond acceptors (Lipinski definition) is 4. The molecule has 1 aromatic carbocycles. The van der Waals surface area contributed by atoms with Gasteiger partial charge in [0, 0.05) is 24.1 Å². The number of ether oxygens (including phenoxy) is 1. The van der Waals surface area contributed by atoms with Crippen molar-refractivity contribution in [3.05, 3.63) is 40.2 Å². The van der Waals surface area contributed by atoms with Crippen LogP contribution >= 0.6 is 0 Å². The molecule has 1 heterocycles. The molecule has 8 heteroatoms. The molecule has 0 saturated carbocycles. The molecule has 0 aliphatic heterocycles. The van der Waals surface area contributed by atoms with Gasteiger partial charge in [-0.1, -0.05) is 13.8 Å². The Labute approximate surface area is 135 Å². The number of fused-ring (bicyclic) bond motifs is 1. The number of rotatable bonds is 5. The van der Waals surface area contributed by atoms with E-state index in [2.05, 4.69) is 5.32 Å². The van der Waals surface area contributed by atoms with Crippen LogP contribution in [0.2, 0.25) is 0 Å². The smallest absolute Gasteiger partial charge is 0.417 e. The van der Waals surface area contributed by atoms with Crippen molar-refractivity contribution in [3.63, 3.8) is 0 Å². The first-order valence-corrected chi connectivity index (χ1v) is 7.21. The van der Waals surface area contributed by atoms with Crippen molar-refractivity contribution in [2.45, 2.75) is 20.0 Å². The molecule has 1 amide bonds. The summed E-state index contributed by atoms with van der Waals surface area (Å²) in [5, 5.41) is 2.39. The highest BCUT2D eigenvalue weighted by atomic mass is 19.4. The molecule has 0 fully saturated rings. The normalized spacial score (nSPS) is 11.8. The fourth-order valence-electron chi connectivity index (χ4n) is 1.99. The molecule has 0 saturated heterocycles. The zero-order valence-electron chi connectivity index (χ0n) is 13.1. The number of hydrogen-bond donors (Lipinski definition) is 1. The van der Waals surface area contributed by atoms with Crippen molar-refractivity contribution in [2.75, 3.05) is 13.2 Å². The highest BCUT2D eigenvalue weighted by Gasteiger charge is 2.33. The highest BCUT2D eigenvalue weighted by molar-refractivity contribution is 5.82. The fourth-order valence-corrected chi connectivity index (χ4v) is 1.99. The molecule has 24 heavy (non-hydrogen) atoms. The van der Waals surface area contributed by atoms with Gasteiger partial charge >= 0.3 is 11.8 Å². The summed E-state index contributed by atoms with van der Waals surface area (Å²) < 4.78 is 48.8. The first kappa shape index (κ1) is 17.8. The molecule has 0 radical (unpaired) electrons. The number of alkyl halides is 3. The number of carbonyl (C=O) groups excluding carboxylic acids is 1. The topological polar surface area (TPSA) is 68.5 Å². The Hall–Kier alpha value is -2.51. The molecule has 5 nitrogen and oxygen atoms in total. The van der Waals surface area contributed by atoms with Gasteiger partial charge in [-0.15, -0.1) is 0 Å². The number of nitrogens with one attached hydrogen (secondary N) is 1. The van der Waals surface area contributed by atoms with Gasteiger partial charge in [0.1, 0.15) is 11.3 Å². The summed E-state index contributed by atoms with van der Waals surface area (Å²) in [5.74, 6) is 0.0589. The van der Waals surface area contributed by atoms with Crippen molar-refractivity contribution in [3.8, 4) is 5.75 Å². The maximum Gasteiger partial charge on any atom is 0.417 e. The Kier molecular flexibility index (Phi) is 5.16. The van der Waals surface area contributed by atoms with E-state index in [9.17, 15) is 22.8 Å². The average molecular weight is 343 g/mol. The second-order valence-corrected chi connectivity index (χ2v) is 5.62. The van der Waals surface area contributed by atoms with Crippen LogP contribution in [0.4, 0.5) is 13.2 Å². The highest BCUT2D eigenvalue weighted by Crippen LogP contribution is 2.34. The van der Waals surface area contributed by atoms with Crippen LogP contribution in [0.3, 0.4) is 0 Å². The molecule has 0 bridgehead atoms. The number of carbonyl (C=O) groups is 1. The van der Waals surface area contributed by atoms with Crippen LogP contribution in [0.25, 0.3) is 11.0 Å². The van der Waals surface area contributed by atoms with Crippen molar-refractivity contribution >= 4 is 16.9 Å². The van der Waals surface area contributed by atoms with E-state index >= 15 is 0 Å². The lowest BCUT2D eigenvalue weighted by molar-refractivity contribution is -0.136. The lowest BCUT2D eigenvalue weighted by atomic mass is 10.1. The van der Waals surface area contributed by atoms with Crippen LogP contribution in [0.5, 0.6) is 5.75 Å². The zero-order valence-corrected chi connectivity index (χ0v) is 13.1. The molecule has 0 aliphatic carbocycles. The standard InChI is InChI=1S/C16H16F3NO4/c1-9(2)7-20-14(21)8-23-10-3-4-11-12(16(17,18)19)6-15(22)24-13(11)5-10/h3-6,9H,7-8H2,1-2H3,(H,20,21). The molecule has 0 spiro atoms. The van der Waals surface area contributed by atoms with Gasteiger partial charge in [-0.3, -0.25) is 4.79 Å². The van der Waals surface area contributed by atoms with Crippen LogP contribution in [0.15, 0.2) is 33.5 Å². The van der Waals surface area contributed by atoms with Crippen molar-refractivity contribution in [1.29, 1.82) is 0 Å². The fraction of sp³-hybridized carbons (Fsp3) is 0.375. The molecule has 1 N–H and O–H groups in total. The largest absolute Gasteiger partial charge is 0.484 e. The van der Waals surface area contributed by atoms with Gasteiger partial charge in [0.15, 0.2) is 6.61 Å². The summed E-state index contributed by atoms with van der Waals surface area (Å²) in [6, 6.07) is 3.99. The summed E-state index contributed by atoms with van der Waals surface area (Å²) in [7, 11) is 0. The van der Waals surface area contributed by atoms with E-state index in [0.29, 0.717) is 12.6 Å². The van der Waals surface area contributed by atoms with E-state index in [1.807, 2.05) is 13.8 Å². The summed E-state index contributed by atoms with van der Waals surface area (Å²) in [6.07, 6.45) is -4.67. The Morgan fingerprint density at radius 3 is 2.62 bits per heavy atom. The van der Waals surface area contributed by atoms with E-state index in [4.69, 9.17) is 9.15 Å². The first-order valence-electron chi connectivity index (χ1n) is 7.21. The van der Waals surface area contributed by atoms with Gasteiger partial charge in [-0.05, 0) is 18.1 Å². The minimum Gasteiger partial charge on any atom is -0.484 e. The Morgan fingerprint density at radius 2 is 2.00 bits per heavy atom. The summed E-state index contributed by atoms with van der Waals surface area (Å²) in [6.45, 7) is 4.07. The Bertz CT molecular complexity index is 796. The lowest BCUT2D eigenvalue weighted by Gasteiger charge is -2.11. The molecule has 0 atom stereocenters. The minimum atomic E-state index is -4.67. The van der Waals surface area contributed by atoms with E-state index in [1.54, 1.807) is 0 Å². The molecule has 2 rings (SSSR count). The van der Waals surface area contributed by atoms with Gasteiger partial charge in [-0.25, -0.2) is 4.79 Å². The van der Waals surface area contributed by atoms with Gasteiger partial charge in [0.2, 0.25) is 0 Å². The second-order valence-electron chi connectivity index (χ2n) is 5.62. The van der Waals surface area contributed by atoms with E-state index in [1.165, 1.54) is 6.07 Å². The van der Waals surface area contributed by atoms with Crippen LogP contribution < -0.4 is 15.7 Å². The third kappa shape index (κ3) is 4.50. The quantitative estimate of drug-likeness (QED) is 0.848. The Morgan fingerprint density at radius 1 is 1.29 bits per heavy atom. The lowest BCUT2D eigenvalue weighted by Crippen LogP contribution is -2.31. The van der Waals surface area contributed by atoms with E-state index < -0.39 is 17.4 Å². The molecular formula is C16H16F3NO4. The first-order chi connectivity index (χ1) is 11.2. The van der Waals surface area contributed by atoms with Crippen LogP contribution in [0, 0.1) is 5.92 Å². The summed E-state index contributed by atoms with van der Waals surface area (Å²) in [4.78, 5) is 22.9. The van der Waals surface area contributed by atoms with Gasteiger partial charge in [0.05, 0.1) is 5.56 Å². The molecule has 2 aromatic rings. The predicted octanol–water partition coefficient (Wildman–Crippen LogP) is 2.96. The van der Waals surface area contributed by atoms with Crippen molar-refractivity contribution in [1.82, 2.24) is 5.32 Å². The molecular weight excluding hydrogens is 327 g/mol. The summed E-state index contributed by atoms with van der Waals surface area (Å²) in [5.41, 5.74) is -2.44. The number of benzene rings is 1. The van der Waals surface area contributed by atoms with Gasteiger partial charge in [-0.2, -0.15) is 13.2 Å². The van der Waals surface area contributed by atoms with E-state index in [-0.39, 0.29) is 35.2 Å². The monoisotopic (exact) mass is 343 g/mol. The van der Waals surface area contributed by atoms with Crippen molar-refractivity contribution in [2.24, 2.45) is 5.92 Å². The van der Waals surface area contributed by atoms with E-state index in [0.717, 1.165) is 12.1 Å². The molecule has 0 unspecified atom stereocenters.